The van der Waals surface area contributed by atoms with Gasteiger partial charge in [-0.1, -0.05) is 198 Å². The summed E-state index contributed by atoms with van der Waals surface area (Å²) in [5.41, 5.74) is 15.4. The van der Waals surface area contributed by atoms with Crippen molar-refractivity contribution in [1.82, 2.24) is 0 Å². The van der Waals surface area contributed by atoms with Crippen LogP contribution in [0.5, 0.6) is 0 Å². The van der Waals surface area contributed by atoms with Gasteiger partial charge in [0, 0.05) is 33.2 Å². The van der Waals surface area contributed by atoms with Gasteiger partial charge in [0.25, 0.3) is 0 Å². The topological polar surface area (TPSA) is 16.4 Å². The van der Waals surface area contributed by atoms with Crippen molar-refractivity contribution in [3.63, 3.8) is 0 Å². The first-order valence-corrected chi connectivity index (χ1v) is 21.3. The first-order valence-electron chi connectivity index (χ1n) is 21.3. The van der Waals surface area contributed by atoms with Gasteiger partial charge in [-0.05, 0) is 97.4 Å². The van der Waals surface area contributed by atoms with Gasteiger partial charge in [-0.2, -0.15) is 0 Å². The molecule has 1 heterocycles. The van der Waals surface area contributed by atoms with E-state index < -0.39 is 0 Å². The Hall–Kier alpha value is -7.68. The minimum absolute atomic E-state index is 0.328. The molecule has 0 aliphatic rings. The van der Waals surface area contributed by atoms with Gasteiger partial charge in [-0.15, -0.1) is 0 Å². The third-order valence-electron chi connectivity index (χ3n) is 12.4. The van der Waals surface area contributed by atoms with Crippen LogP contribution in [0.3, 0.4) is 0 Å². The Kier molecular flexibility index (Phi) is 9.93. The summed E-state index contributed by atoms with van der Waals surface area (Å²) in [6.45, 7) is 0. The fraction of sp³-hybridized carbons (Fsp3) is 0. The van der Waals surface area contributed by atoms with Crippen LogP contribution >= 0.6 is 0 Å². The van der Waals surface area contributed by atoms with Crippen LogP contribution in [-0.4, -0.2) is 31.4 Å². The smallest absolute Gasteiger partial charge is 0.143 e. The lowest BCUT2D eigenvalue weighted by molar-refractivity contribution is 0.673. The number of anilines is 3. The van der Waals surface area contributed by atoms with Crippen molar-refractivity contribution >= 4 is 103 Å². The monoisotopic (exact) mass is 805 g/mol. The molecule has 6 heteroatoms. The largest absolute Gasteiger partial charge is 0.455 e. The molecule has 0 unspecified atom stereocenters. The second kappa shape index (κ2) is 16.2. The molecule has 0 amide bonds. The van der Waals surface area contributed by atoms with E-state index in [1.807, 2.05) is 60.7 Å². The number of fused-ring (bicyclic) bond motifs is 5. The van der Waals surface area contributed by atoms with Crippen molar-refractivity contribution in [2.45, 2.75) is 0 Å². The van der Waals surface area contributed by atoms with Crippen LogP contribution in [-0.2, 0) is 0 Å². The molecule has 11 rings (SSSR count). The fourth-order valence-electron chi connectivity index (χ4n) is 9.13. The summed E-state index contributed by atoms with van der Waals surface area (Å²) in [4.78, 5) is 2.06. The van der Waals surface area contributed by atoms with Gasteiger partial charge in [0.05, 0.1) is 0 Å². The number of hydrogen-bond acceptors (Lipinski definition) is 2. The highest BCUT2D eigenvalue weighted by molar-refractivity contribution is 6.63. The van der Waals surface area contributed by atoms with Gasteiger partial charge >= 0.3 is 0 Å². The summed E-state index contributed by atoms with van der Waals surface area (Å²) in [5.74, 6) is 0. The Morgan fingerprint density at radius 2 is 0.844 bits per heavy atom. The molecule has 0 aliphatic heterocycles. The molecule has 290 valence electrons. The molecule has 0 spiro atoms. The summed E-state index contributed by atoms with van der Waals surface area (Å²) >= 11 is 0. The zero-order valence-electron chi connectivity index (χ0n) is 34.9. The van der Waals surface area contributed by atoms with E-state index in [-0.39, 0.29) is 0 Å². The van der Waals surface area contributed by atoms with Crippen molar-refractivity contribution in [2.75, 3.05) is 4.90 Å². The first kappa shape index (κ1) is 39.2. The molecule has 8 radical (unpaired) electrons. The molecule has 0 bridgehead atoms. The van der Waals surface area contributed by atoms with Crippen molar-refractivity contribution < 1.29 is 4.42 Å². The van der Waals surface area contributed by atoms with Crippen LogP contribution in [0.15, 0.2) is 217 Å². The number of benzene rings is 10. The van der Waals surface area contributed by atoms with Gasteiger partial charge in [-0.3, -0.25) is 0 Å². The molecular formula is C58H35B4NO. The van der Waals surface area contributed by atoms with Crippen molar-refractivity contribution in [1.29, 1.82) is 0 Å². The Bertz CT molecular complexity index is 3480. The number of rotatable bonds is 8. The number of hydrogen-bond donors (Lipinski definition) is 0. The summed E-state index contributed by atoms with van der Waals surface area (Å²) in [6, 6.07) is 73.1. The van der Waals surface area contributed by atoms with E-state index in [9.17, 15) is 0 Å². The van der Waals surface area contributed by atoms with Crippen LogP contribution in [0.2, 0.25) is 0 Å². The average molecular weight is 805 g/mol. The summed E-state index contributed by atoms with van der Waals surface area (Å²) in [6.07, 6.45) is 0. The Labute approximate surface area is 378 Å². The highest BCUT2D eigenvalue weighted by atomic mass is 16.3. The zero-order chi connectivity index (χ0) is 43.3. The molecule has 0 saturated heterocycles. The van der Waals surface area contributed by atoms with Gasteiger partial charge in [-0.25, -0.2) is 0 Å². The second-order valence-corrected chi connectivity index (χ2v) is 16.1. The van der Waals surface area contributed by atoms with Gasteiger partial charge in [0.15, 0.2) is 0 Å². The van der Waals surface area contributed by atoms with Crippen LogP contribution < -0.4 is 26.8 Å². The Balaban J connectivity index is 1.05. The van der Waals surface area contributed by atoms with E-state index in [2.05, 4.69) is 157 Å². The van der Waals surface area contributed by atoms with Crippen molar-refractivity contribution in [3.8, 4) is 55.6 Å². The minimum atomic E-state index is 0.328. The molecule has 11 aromatic rings. The highest BCUT2D eigenvalue weighted by Gasteiger charge is 2.23. The molecule has 64 heavy (non-hydrogen) atoms. The third kappa shape index (κ3) is 6.83. The minimum Gasteiger partial charge on any atom is -0.455 e. The van der Waals surface area contributed by atoms with Gasteiger partial charge in [0.1, 0.15) is 42.6 Å². The Morgan fingerprint density at radius 1 is 0.344 bits per heavy atom. The Morgan fingerprint density at radius 3 is 1.45 bits per heavy atom. The van der Waals surface area contributed by atoms with E-state index in [1.165, 1.54) is 5.56 Å². The van der Waals surface area contributed by atoms with E-state index in [0.29, 0.717) is 33.1 Å². The molecule has 0 N–H and O–H groups in total. The normalized spacial score (nSPS) is 11.4. The highest BCUT2D eigenvalue weighted by Crippen LogP contribution is 2.42. The maximum atomic E-state index is 7.17. The summed E-state index contributed by atoms with van der Waals surface area (Å²) in [5, 5.41) is 4.31. The maximum Gasteiger partial charge on any atom is 0.143 e. The van der Waals surface area contributed by atoms with Gasteiger partial charge in [0.2, 0.25) is 0 Å². The van der Waals surface area contributed by atoms with E-state index in [4.69, 9.17) is 35.8 Å². The number of nitrogens with zero attached hydrogens (tertiary/aromatic N) is 1. The lowest BCUT2D eigenvalue weighted by Crippen LogP contribution is -2.46. The molecule has 10 aromatic carbocycles. The van der Waals surface area contributed by atoms with Crippen LogP contribution in [0.1, 0.15) is 0 Å². The standard InChI is InChI=1S/C58H35B4NO/c59-53-51(43-27-25-39(26-28-43)37-13-5-2-6-14-37)54(60)56(62)57(55(53)61)63(45-32-29-41(30-33-45)40-23-21-38(22-24-40)36-11-3-1-4-12-36)46-17-9-16-44(35-46)47-19-10-20-50-52(47)49-34-31-42-15-7-8-18-48(42)58(49)64-50/h1-35H. The fourth-order valence-corrected chi connectivity index (χ4v) is 9.13. The van der Waals surface area contributed by atoms with Crippen LogP contribution in [0.25, 0.3) is 88.3 Å². The van der Waals surface area contributed by atoms with E-state index in [1.54, 1.807) is 0 Å². The molecule has 0 saturated carbocycles. The second-order valence-electron chi connectivity index (χ2n) is 16.1. The third-order valence-corrected chi connectivity index (χ3v) is 12.4. The lowest BCUT2D eigenvalue weighted by atomic mass is 9.64. The predicted molar refractivity (Wildman–Crippen MR) is 275 cm³/mol. The summed E-state index contributed by atoms with van der Waals surface area (Å²) in [7, 11) is 28.4. The zero-order valence-corrected chi connectivity index (χ0v) is 34.9. The SMILES string of the molecule is [B]c1c([B])c(N(c2ccc(-c3ccc(-c4ccccc4)cc3)cc2)c2cccc(-c3cccc4oc5c6ccccc6ccc5c34)c2)c([B])c([B])c1-c1ccc(-c2ccccc2)cc1. The maximum absolute atomic E-state index is 7.17. The van der Waals surface area contributed by atoms with E-state index in [0.717, 1.165) is 88.6 Å². The lowest BCUT2D eigenvalue weighted by Gasteiger charge is -2.33. The molecule has 0 aliphatic carbocycles. The van der Waals surface area contributed by atoms with E-state index >= 15 is 0 Å². The number of furan rings is 1. The molecule has 0 fully saturated rings. The predicted octanol–water partition coefficient (Wildman–Crippen LogP) is 11.7. The first-order chi connectivity index (χ1) is 31.4. The summed E-state index contributed by atoms with van der Waals surface area (Å²) < 4.78 is 6.58. The molecule has 2 nitrogen and oxygen atoms in total. The molecular weight excluding hydrogens is 770 g/mol. The molecule has 0 atom stereocenters. The van der Waals surface area contributed by atoms with Crippen LogP contribution in [0.4, 0.5) is 17.1 Å². The molecule has 1 aromatic heterocycles. The van der Waals surface area contributed by atoms with Crippen LogP contribution in [0, 0.1) is 0 Å². The van der Waals surface area contributed by atoms with Crippen molar-refractivity contribution in [3.05, 3.63) is 212 Å². The average Bonchev–Trinajstić information content (AvgIpc) is 3.75. The van der Waals surface area contributed by atoms with Gasteiger partial charge < -0.3 is 9.32 Å². The van der Waals surface area contributed by atoms with Crippen molar-refractivity contribution in [2.24, 2.45) is 0 Å². The quantitative estimate of drug-likeness (QED) is 0.142.